The van der Waals surface area contributed by atoms with E-state index in [0.29, 0.717) is 13.0 Å². The zero-order valence-corrected chi connectivity index (χ0v) is 4.92. The van der Waals surface area contributed by atoms with Gasteiger partial charge in [-0.2, -0.15) is 4.94 Å². The molecule has 0 saturated carbocycles. The lowest BCUT2D eigenvalue weighted by molar-refractivity contribution is -0.314. The van der Waals surface area contributed by atoms with Crippen LogP contribution in [0.2, 0.25) is 0 Å². The smallest absolute Gasteiger partial charge is 0.222 e. The zero-order chi connectivity index (χ0) is 6.69. The predicted molar refractivity (Wildman–Crippen MR) is 27.2 cm³/mol. The minimum absolute atomic E-state index is 0.464. The minimum atomic E-state index is -1.06. The molecule has 0 amide bonds. The van der Waals surface area contributed by atoms with Crippen LogP contribution >= 0.6 is 0 Å². The van der Waals surface area contributed by atoms with Gasteiger partial charge in [0.15, 0.2) is 0 Å². The maximum absolute atomic E-state index is 11.3. The van der Waals surface area contributed by atoms with Gasteiger partial charge >= 0.3 is 0 Å². The van der Waals surface area contributed by atoms with Crippen LogP contribution in [-0.4, -0.2) is 24.1 Å². The van der Waals surface area contributed by atoms with Crippen molar-refractivity contribution in [3.05, 3.63) is 0 Å². The fraction of sp³-hybridized carbons (Fsp3) is 1.00. The highest BCUT2D eigenvalue weighted by atomic mass is 19.3. The predicted octanol–water partition coefficient (Wildman–Crippen LogP) is 0.385. The van der Waals surface area contributed by atoms with E-state index >= 15 is 0 Å². The van der Waals surface area contributed by atoms with Gasteiger partial charge < -0.3 is 9.84 Å². The van der Waals surface area contributed by atoms with Crippen molar-refractivity contribution in [1.82, 2.24) is 0 Å². The molecule has 0 aromatic rings. The fourth-order valence-corrected chi connectivity index (χ4v) is 0.824. The lowest BCUT2D eigenvalue weighted by Crippen LogP contribution is -2.34. The van der Waals surface area contributed by atoms with Crippen molar-refractivity contribution in [2.45, 2.75) is 25.2 Å². The Kier molecular flexibility index (Phi) is 2.38. The van der Waals surface area contributed by atoms with Gasteiger partial charge in [0.2, 0.25) is 6.29 Å². The summed E-state index contributed by atoms with van der Waals surface area (Å²) >= 11 is 0. The molecule has 1 saturated heterocycles. The van der Waals surface area contributed by atoms with E-state index in [1.54, 1.807) is 0 Å². The van der Waals surface area contributed by atoms with E-state index in [4.69, 9.17) is 9.84 Å². The normalized spacial score (nSPS) is 36.7. The van der Waals surface area contributed by atoms with Gasteiger partial charge in [-0.15, -0.1) is 0 Å². The summed E-state index contributed by atoms with van der Waals surface area (Å²) in [7, 11) is 0. The Morgan fingerprint density at radius 3 is 2.89 bits per heavy atom. The average molecular weight is 136 g/mol. The van der Waals surface area contributed by atoms with Crippen LogP contribution in [0.4, 0.5) is 4.53 Å². The Labute approximate surface area is 52.3 Å². The molecule has 1 rings (SSSR count). The van der Waals surface area contributed by atoms with E-state index in [0.717, 1.165) is 6.42 Å². The number of hydrogen-bond acceptors (Lipinski definition) is 3. The number of aliphatic hydroxyl groups excluding tert-OH is 1. The first-order valence-corrected chi connectivity index (χ1v) is 2.91. The second-order valence-corrected chi connectivity index (χ2v) is 2.04. The summed E-state index contributed by atoms with van der Waals surface area (Å²) in [5, 5.41) is 8.88. The molecule has 3 nitrogen and oxygen atoms in total. The Bertz CT molecular complexity index is 88.3. The van der Waals surface area contributed by atoms with Gasteiger partial charge in [0, 0.05) is 0 Å². The third-order valence-electron chi connectivity index (χ3n) is 1.33. The van der Waals surface area contributed by atoms with Crippen molar-refractivity contribution in [2.75, 3.05) is 6.61 Å². The molecule has 0 bridgehead atoms. The molecule has 0 radical (unpaired) electrons. The summed E-state index contributed by atoms with van der Waals surface area (Å²) in [6.07, 6.45) is -0.544. The molecule has 1 heterocycles. The summed E-state index contributed by atoms with van der Waals surface area (Å²) in [6.45, 7) is 0.464. The van der Waals surface area contributed by atoms with Crippen LogP contribution in [0.15, 0.2) is 0 Å². The highest BCUT2D eigenvalue weighted by Gasteiger charge is 2.24. The third-order valence-corrected chi connectivity index (χ3v) is 1.33. The van der Waals surface area contributed by atoms with Gasteiger partial charge in [0.25, 0.3) is 0 Å². The van der Waals surface area contributed by atoms with Crippen LogP contribution in [0.3, 0.4) is 0 Å². The Morgan fingerprint density at radius 1 is 1.67 bits per heavy atom. The van der Waals surface area contributed by atoms with Crippen molar-refractivity contribution < 1.29 is 19.3 Å². The Balaban J connectivity index is 2.30. The molecule has 0 spiro atoms. The van der Waals surface area contributed by atoms with Crippen LogP contribution in [0, 0.1) is 0 Å². The first-order valence-electron chi connectivity index (χ1n) is 2.91. The van der Waals surface area contributed by atoms with E-state index in [-0.39, 0.29) is 0 Å². The number of ether oxygens (including phenoxy) is 1. The first-order chi connectivity index (χ1) is 4.34. The molecular formula is C5H9FO3. The van der Waals surface area contributed by atoms with Crippen LogP contribution in [0.1, 0.15) is 12.8 Å². The molecule has 54 valence electrons. The lowest BCUT2D eigenvalue weighted by atomic mass is 10.1. The van der Waals surface area contributed by atoms with E-state index in [9.17, 15) is 4.53 Å². The van der Waals surface area contributed by atoms with Crippen LogP contribution in [0.5, 0.6) is 0 Å². The van der Waals surface area contributed by atoms with E-state index < -0.39 is 12.4 Å². The molecule has 0 aromatic heterocycles. The molecular weight excluding hydrogens is 127 g/mol. The quantitative estimate of drug-likeness (QED) is 0.566. The van der Waals surface area contributed by atoms with Crippen molar-refractivity contribution in [2.24, 2.45) is 0 Å². The summed E-state index contributed by atoms with van der Waals surface area (Å²) in [6, 6.07) is 0. The first kappa shape index (κ1) is 6.92. The zero-order valence-electron chi connectivity index (χ0n) is 4.92. The SMILES string of the molecule is OC1CCCOC1OF. The minimum Gasteiger partial charge on any atom is -0.388 e. The molecule has 4 heteroatoms. The van der Waals surface area contributed by atoms with Gasteiger partial charge in [0.05, 0.1) is 6.61 Å². The lowest BCUT2D eigenvalue weighted by Gasteiger charge is -2.23. The maximum atomic E-state index is 11.3. The third kappa shape index (κ3) is 1.61. The van der Waals surface area contributed by atoms with E-state index in [2.05, 4.69) is 4.94 Å². The second kappa shape index (κ2) is 3.10. The summed E-state index contributed by atoms with van der Waals surface area (Å²) < 4.78 is 16.0. The van der Waals surface area contributed by atoms with Gasteiger partial charge in [-0.1, -0.05) is 0 Å². The highest BCUT2D eigenvalue weighted by molar-refractivity contribution is 4.63. The van der Waals surface area contributed by atoms with Gasteiger partial charge in [-0.3, -0.25) is 0 Å². The molecule has 2 unspecified atom stereocenters. The Morgan fingerprint density at radius 2 is 2.44 bits per heavy atom. The monoisotopic (exact) mass is 136 g/mol. The summed E-state index contributed by atoms with van der Waals surface area (Å²) in [4.78, 5) is 3.33. The molecule has 1 N–H and O–H groups in total. The van der Waals surface area contributed by atoms with Crippen molar-refractivity contribution in [3.63, 3.8) is 0 Å². The van der Waals surface area contributed by atoms with Crippen LogP contribution < -0.4 is 0 Å². The van der Waals surface area contributed by atoms with E-state index in [1.807, 2.05) is 0 Å². The van der Waals surface area contributed by atoms with Crippen molar-refractivity contribution in [3.8, 4) is 0 Å². The molecule has 1 aliphatic rings. The van der Waals surface area contributed by atoms with Gasteiger partial charge in [-0.25, -0.2) is 0 Å². The molecule has 1 aliphatic heterocycles. The average Bonchev–Trinajstić information content (AvgIpc) is 1.89. The molecule has 1 fully saturated rings. The van der Waals surface area contributed by atoms with Crippen molar-refractivity contribution >= 4 is 0 Å². The molecule has 0 aromatic carbocycles. The topological polar surface area (TPSA) is 38.7 Å². The molecule has 2 atom stereocenters. The highest BCUT2D eigenvalue weighted by Crippen LogP contribution is 2.14. The number of hydrogen-bond donors (Lipinski definition) is 1. The number of halogens is 1. The number of rotatable bonds is 1. The summed E-state index contributed by atoms with van der Waals surface area (Å²) in [5.74, 6) is 0. The molecule has 9 heavy (non-hydrogen) atoms. The fourth-order valence-electron chi connectivity index (χ4n) is 0.824. The molecule has 0 aliphatic carbocycles. The largest absolute Gasteiger partial charge is 0.388 e. The summed E-state index contributed by atoms with van der Waals surface area (Å²) in [5.41, 5.74) is 0. The van der Waals surface area contributed by atoms with Gasteiger partial charge in [-0.05, 0) is 17.4 Å². The van der Waals surface area contributed by atoms with Crippen LogP contribution in [0.25, 0.3) is 0 Å². The number of aliphatic hydroxyl groups is 1. The second-order valence-electron chi connectivity index (χ2n) is 2.04. The van der Waals surface area contributed by atoms with Crippen molar-refractivity contribution in [1.29, 1.82) is 0 Å². The standard InChI is InChI=1S/C5H9FO3/c6-9-5-4(7)2-1-3-8-5/h4-5,7H,1-3H2. The maximum Gasteiger partial charge on any atom is 0.222 e. The van der Waals surface area contributed by atoms with Gasteiger partial charge in [0.1, 0.15) is 6.10 Å². The van der Waals surface area contributed by atoms with E-state index in [1.165, 1.54) is 0 Å². The van der Waals surface area contributed by atoms with Crippen LogP contribution in [-0.2, 0) is 9.68 Å². The Hall–Kier alpha value is -0.190.